The Bertz CT molecular complexity index is 984. The zero-order valence-electron chi connectivity index (χ0n) is 18.8. The van der Waals surface area contributed by atoms with Gasteiger partial charge in [-0.2, -0.15) is 0 Å². The van der Waals surface area contributed by atoms with E-state index in [0.717, 1.165) is 49.0 Å². The number of benzene rings is 1. The van der Waals surface area contributed by atoms with E-state index in [4.69, 9.17) is 0 Å². The summed E-state index contributed by atoms with van der Waals surface area (Å²) >= 11 is 0. The summed E-state index contributed by atoms with van der Waals surface area (Å²) in [6, 6.07) is 8.25. The number of carbonyl (C=O) groups excluding carboxylic acids is 2. The molecule has 5 fully saturated rings. The Morgan fingerprint density at radius 1 is 0.938 bits per heavy atom. The van der Waals surface area contributed by atoms with Crippen molar-refractivity contribution in [2.75, 3.05) is 32.7 Å². The number of nitrogens with one attached hydrogen (secondary N) is 2. The first kappa shape index (κ1) is 20.1. The topological polar surface area (TPSA) is 68.4 Å². The van der Waals surface area contributed by atoms with Crippen LogP contribution in [-0.2, 0) is 11.2 Å². The molecule has 0 spiro atoms. The standard InChI is InChI=1S/C26H34N4O2/c31-24(26-14-18-11-19(15-26)13-20(12-18)16-26)29-7-9-30(10-8-29)25(32)27-6-5-21-17-28-23-4-2-1-3-22(21)23/h1-4,17-20,28H,5-16H2,(H,27,32). The molecule has 4 bridgehead atoms. The Morgan fingerprint density at radius 3 is 2.25 bits per heavy atom. The molecule has 0 atom stereocenters. The molecule has 2 heterocycles. The molecule has 1 saturated heterocycles. The van der Waals surface area contributed by atoms with Gasteiger partial charge in [-0.25, -0.2) is 4.79 Å². The van der Waals surface area contributed by atoms with Crippen LogP contribution in [0.25, 0.3) is 10.9 Å². The van der Waals surface area contributed by atoms with Gasteiger partial charge in [-0.05, 0) is 74.3 Å². The Kier molecular flexibility index (Phi) is 4.92. The molecule has 2 N–H and O–H groups in total. The Hall–Kier alpha value is -2.50. The lowest BCUT2D eigenvalue weighted by molar-refractivity contribution is -0.159. The number of aromatic amines is 1. The van der Waals surface area contributed by atoms with Crippen LogP contribution >= 0.6 is 0 Å². The average Bonchev–Trinajstić information content (AvgIpc) is 3.21. The van der Waals surface area contributed by atoms with E-state index in [-0.39, 0.29) is 11.4 Å². The van der Waals surface area contributed by atoms with Crippen molar-refractivity contribution in [2.45, 2.75) is 44.9 Å². The van der Waals surface area contributed by atoms with Crippen LogP contribution in [0.4, 0.5) is 4.79 Å². The third-order valence-electron chi connectivity index (χ3n) is 8.69. The number of aromatic nitrogens is 1. The number of para-hydroxylation sites is 1. The predicted octanol–water partition coefficient (Wildman–Crippen LogP) is 3.78. The number of hydrogen-bond acceptors (Lipinski definition) is 2. The average molecular weight is 435 g/mol. The summed E-state index contributed by atoms with van der Waals surface area (Å²) in [7, 11) is 0. The van der Waals surface area contributed by atoms with E-state index in [2.05, 4.69) is 27.3 Å². The van der Waals surface area contributed by atoms with Crippen molar-refractivity contribution in [3.05, 3.63) is 36.0 Å². The van der Waals surface area contributed by atoms with Gasteiger partial charge in [0.15, 0.2) is 0 Å². The van der Waals surface area contributed by atoms with Gasteiger partial charge in [0.05, 0.1) is 5.41 Å². The molecule has 5 aliphatic rings. The lowest BCUT2D eigenvalue weighted by Gasteiger charge is -2.57. The number of hydrogen-bond donors (Lipinski definition) is 2. The van der Waals surface area contributed by atoms with Gasteiger partial charge in [-0.3, -0.25) is 4.79 Å². The molecule has 2 aromatic rings. The number of carbonyl (C=O) groups is 2. The van der Waals surface area contributed by atoms with Crippen molar-refractivity contribution in [2.24, 2.45) is 23.2 Å². The number of H-pyrrole nitrogens is 1. The Morgan fingerprint density at radius 2 is 1.56 bits per heavy atom. The van der Waals surface area contributed by atoms with E-state index in [0.29, 0.717) is 38.6 Å². The number of piperazine rings is 1. The van der Waals surface area contributed by atoms with Crippen molar-refractivity contribution >= 4 is 22.8 Å². The zero-order chi connectivity index (χ0) is 21.7. The quantitative estimate of drug-likeness (QED) is 0.769. The largest absolute Gasteiger partial charge is 0.361 e. The molecular formula is C26H34N4O2. The molecular weight excluding hydrogens is 400 g/mol. The maximum Gasteiger partial charge on any atom is 0.317 e. The van der Waals surface area contributed by atoms with Gasteiger partial charge < -0.3 is 20.1 Å². The van der Waals surface area contributed by atoms with Gasteiger partial charge in [0.2, 0.25) is 5.91 Å². The second-order valence-electron chi connectivity index (χ2n) is 10.8. The smallest absolute Gasteiger partial charge is 0.317 e. The fourth-order valence-corrected chi connectivity index (χ4v) is 7.57. The molecule has 1 aromatic heterocycles. The summed E-state index contributed by atoms with van der Waals surface area (Å²) < 4.78 is 0. The van der Waals surface area contributed by atoms with Gasteiger partial charge in [0, 0.05) is 49.8 Å². The SMILES string of the molecule is O=C(NCCc1c[nH]c2ccccc12)N1CCN(C(=O)C23CC4CC(CC(C4)C2)C3)CC1. The lowest BCUT2D eigenvalue weighted by atomic mass is 9.49. The summed E-state index contributed by atoms with van der Waals surface area (Å²) in [4.78, 5) is 33.5. The number of urea groups is 1. The summed E-state index contributed by atoms with van der Waals surface area (Å²) in [6.45, 7) is 3.24. The van der Waals surface area contributed by atoms with Crippen molar-refractivity contribution in [1.82, 2.24) is 20.1 Å². The highest BCUT2D eigenvalue weighted by Gasteiger charge is 2.55. The second kappa shape index (κ2) is 7.82. The Labute approximate surface area is 189 Å². The minimum absolute atomic E-state index is 0.00764. The van der Waals surface area contributed by atoms with Gasteiger partial charge in [0.1, 0.15) is 0 Å². The van der Waals surface area contributed by atoms with Crippen molar-refractivity contribution in [1.29, 1.82) is 0 Å². The fourth-order valence-electron chi connectivity index (χ4n) is 7.57. The first-order chi connectivity index (χ1) is 15.6. The Balaban J connectivity index is 1.00. The van der Waals surface area contributed by atoms with Crippen molar-refractivity contribution in [3.63, 3.8) is 0 Å². The molecule has 7 rings (SSSR count). The highest BCUT2D eigenvalue weighted by molar-refractivity contribution is 5.84. The first-order valence-electron chi connectivity index (χ1n) is 12.5. The van der Waals surface area contributed by atoms with Crippen LogP contribution in [0.1, 0.15) is 44.1 Å². The van der Waals surface area contributed by atoms with Crippen molar-refractivity contribution < 1.29 is 9.59 Å². The molecule has 4 saturated carbocycles. The number of fused-ring (bicyclic) bond motifs is 1. The van der Waals surface area contributed by atoms with E-state index < -0.39 is 0 Å². The van der Waals surface area contributed by atoms with E-state index in [1.54, 1.807) is 0 Å². The molecule has 0 radical (unpaired) electrons. The summed E-state index contributed by atoms with van der Waals surface area (Å²) in [6.07, 6.45) is 10.3. The summed E-state index contributed by atoms with van der Waals surface area (Å²) in [5, 5.41) is 4.30. The highest BCUT2D eigenvalue weighted by Crippen LogP contribution is 2.60. The number of amides is 3. The normalized spacial score (nSPS) is 31.3. The number of nitrogens with zero attached hydrogens (tertiary/aromatic N) is 2. The highest BCUT2D eigenvalue weighted by atomic mass is 16.2. The fraction of sp³-hybridized carbons (Fsp3) is 0.615. The van der Waals surface area contributed by atoms with Crippen LogP contribution in [0.3, 0.4) is 0 Å². The predicted molar refractivity (Wildman–Crippen MR) is 124 cm³/mol. The second-order valence-corrected chi connectivity index (χ2v) is 10.8. The van der Waals surface area contributed by atoms with Crippen molar-refractivity contribution in [3.8, 4) is 0 Å². The van der Waals surface area contributed by atoms with Gasteiger partial charge in [-0.15, -0.1) is 0 Å². The van der Waals surface area contributed by atoms with Crippen LogP contribution < -0.4 is 5.32 Å². The lowest BCUT2D eigenvalue weighted by Crippen LogP contribution is -2.59. The van der Waals surface area contributed by atoms with Gasteiger partial charge in [-0.1, -0.05) is 18.2 Å². The van der Waals surface area contributed by atoms with Crippen LogP contribution in [0.5, 0.6) is 0 Å². The zero-order valence-corrected chi connectivity index (χ0v) is 18.8. The number of rotatable bonds is 4. The summed E-state index contributed by atoms with van der Waals surface area (Å²) in [5.41, 5.74) is 2.29. The van der Waals surface area contributed by atoms with Crippen LogP contribution in [0.2, 0.25) is 0 Å². The molecule has 6 heteroatoms. The third-order valence-corrected chi connectivity index (χ3v) is 8.69. The van der Waals surface area contributed by atoms with Crippen LogP contribution in [0.15, 0.2) is 30.5 Å². The van der Waals surface area contributed by atoms with E-state index in [1.807, 2.05) is 23.2 Å². The van der Waals surface area contributed by atoms with Crippen LogP contribution in [-0.4, -0.2) is 59.4 Å². The molecule has 32 heavy (non-hydrogen) atoms. The minimum Gasteiger partial charge on any atom is -0.361 e. The molecule has 3 amide bonds. The molecule has 4 aliphatic carbocycles. The summed E-state index contributed by atoms with van der Waals surface area (Å²) in [5.74, 6) is 2.76. The maximum atomic E-state index is 13.5. The maximum absolute atomic E-state index is 13.5. The van der Waals surface area contributed by atoms with Gasteiger partial charge >= 0.3 is 6.03 Å². The molecule has 1 aliphatic heterocycles. The van der Waals surface area contributed by atoms with Crippen LogP contribution in [0, 0.1) is 23.2 Å². The minimum atomic E-state index is -0.0709. The van der Waals surface area contributed by atoms with E-state index >= 15 is 0 Å². The molecule has 6 nitrogen and oxygen atoms in total. The first-order valence-corrected chi connectivity index (χ1v) is 12.5. The van der Waals surface area contributed by atoms with E-state index in [9.17, 15) is 9.59 Å². The molecule has 170 valence electrons. The molecule has 1 aromatic carbocycles. The third kappa shape index (κ3) is 3.48. The molecule has 0 unspecified atom stereocenters. The van der Waals surface area contributed by atoms with Gasteiger partial charge in [0.25, 0.3) is 0 Å². The monoisotopic (exact) mass is 434 g/mol. The van der Waals surface area contributed by atoms with E-state index in [1.165, 1.54) is 30.2 Å².